The number of aliphatic hydroxyl groups excluding tert-OH is 1. The topological polar surface area (TPSA) is 83.0 Å². The maximum absolute atomic E-state index is 13.0. The number of nitrogens with zero attached hydrogens (tertiary/aromatic N) is 3. The van der Waals surface area contributed by atoms with Gasteiger partial charge in [0.15, 0.2) is 0 Å². The first-order valence-corrected chi connectivity index (χ1v) is 10.9. The van der Waals surface area contributed by atoms with Gasteiger partial charge >= 0.3 is 0 Å². The third kappa shape index (κ3) is 4.99. The molecule has 32 heavy (non-hydrogen) atoms. The van der Waals surface area contributed by atoms with Gasteiger partial charge in [-0.1, -0.05) is 13.0 Å². The van der Waals surface area contributed by atoms with Crippen LogP contribution in [0.1, 0.15) is 42.6 Å². The van der Waals surface area contributed by atoms with Crippen LogP contribution in [0.15, 0.2) is 48.2 Å². The molecule has 1 aliphatic heterocycles. The summed E-state index contributed by atoms with van der Waals surface area (Å²) in [7, 11) is 3.92. The van der Waals surface area contributed by atoms with Crippen LogP contribution in [-0.2, 0) is 9.59 Å². The average Bonchev–Trinajstić information content (AvgIpc) is 3.03. The highest BCUT2D eigenvalue weighted by molar-refractivity contribution is 6.46. The molecule has 0 spiro atoms. The molecule has 1 saturated heterocycles. The Labute approximate surface area is 189 Å². The second-order valence-electron chi connectivity index (χ2n) is 8.23. The zero-order valence-corrected chi connectivity index (χ0v) is 19.2. The SMILES string of the molecule is CCCOc1ccc(/C(O)=C2/C(=O)C(=O)N(CCCN(C)C)C2c2ccccn2)cc1C. The molecule has 1 N–H and O–H groups in total. The van der Waals surface area contributed by atoms with Crippen LogP contribution in [0.25, 0.3) is 5.76 Å². The molecule has 1 aromatic heterocycles. The summed E-state index contributed by atoms with van der Waals surface area (Å²) in [6.45, 7) is 5.69. The number of amides is 1. The van der Waals surface area contributed by atoms with Gasteiger partial charge in [0, 0.05) is 18.3 Å². The largest absolute Gasteiger partial charge is 0.507 e. The summed E-state index contributed by atoms with van der Waals surface area (Å²) in [5, 5.41) is 11.2. The number of hydrogen-bond donors (Lipinski definition) is 1. The Balaban J connectivity index is 2.03. The van der Waals surface area contributed by atoms with E-state index < -0.39 is 17.7 Å². The Morgan fingerprint density at radius 2 is 2.00 bits per heavy atom. The Hall–Kier alpha value is -3.19. The van der Waals surface area contributed by atoms with E-state index in [0.29, 0.717) is 30.8 Å². The third-order valence-electron chi connectivity index (χ3n) is 5.42. The van der Waals surface area contributed by atoms with Crippen LogP contribution in [0, 0.1) is 6.92 Å². The van der Waals surface area contributed by atoms with E-state index in [2.05, 4.69) is 4.98 Å². The van der Waals surface area contributed by atoms with Gasteiger partial charge in [0.2, 0.25) is 0 Å². The van der Waals surface area contributed by atoms with Crippen molar-refractivity contribution < 1.29 is 19.4 Å². The van der Waals surface area contributed by atoms with Gasteiger partial charge in [-0.25, -0.2) is 0 Å². The van der Waals surface area contributed by atoms with Crippen LogP contribution in [-0.4, -0.2) is 65.4 Å². The number of benzene rings is 1. The van der Waals surface area contributed by atoms with E-state index >= 15 is 0 Å². The van der Waals surface area contributed by atoms with Crippen LogP contribution in [0.4, 0.5) is 0 Å². The molecule has 1 fully saturated rings. The molecule has 0 aliphatic carbocycles. The summed E-state index contributed by atoms with van der Waals surface area (Å²) < 4.78 is 5.71. The van der Waals surface area contributed by atoms with E-state index in [1.165, 1.54) is 4.90 Å². The lowest BCUT2D eigenvalue weighted by Gasteiger charge is -2.25. The zero-order chi connectivity index (χ0) is 23.3. The number of ether oxygens (including phenoxy) is 1. The molecular weight excluding hydrogens is 406 g/mol. The van der Waals surface area contributed by atoms with E-state index in [-0.39, 0.29) is 11.3 Å². The molecule has 2 aromatic rings. The molecule has 0 bridgehead atoms. The number of hydrogen-bond acceptors (Lipinski definition) is 6. The Morgan fingerprint density at radius 1 is 1.22 bits per heavy atom. The molecule has 1 amide bonds. The molecule has 3 rings (SSSR count). The molecule has 7 nitrogen and oxygen atoms in total. The molecule has 0 saturated carbocycles. The van der Waals surface area contributed by atoms with Gasteiger partial charge < -0.3 is 19.6 Å². The number of carbonyl (C=O) groups excluding carboxylic acids is 2. The van der Waals surface area contributed by atoms with E-state index in [0.717, 1.165) is 24.3 Å². The van der Waals surface area contributed by atoms with Gasteiger partial charge in [-0.05, 0) is 76.3 Å². The first-order chi connectivity index (χ1) is 15.3. The van der Waals surface area contributed by atoms with Crippen LogP contribution >= 0.6 is 0 Å². The lowest BCUT2D eigenvalue weighted by Crippen LogP contribution is -2.32. The van der Waals surface area contributed by atoms with Crippen molar-refractivity contribution in [1.29, 1.82) is 0 Å². The molecule has 1 atom stereocenters. The summed E-state index contributed by atoms with van der Waals surface area (Å²) in [6.07, 6.45) is 3.22. The average molecular weight is 438 g/mol. The number of rotatable bonds is 9. The van der Waals surface area contributed by atoms with Gasteiger partial charge in [-0.15, -0.1) is 0 Å². The van der Waals surface area contributed by atoms with Crippen molar-refractivity contribution in [1.82, 2.24) is 14.8 Å². The summed E-state index contributed by atoms with van der Waals surface area (Å²) in [4.78, 5) is 33.9. The monoisotopic (exact) mass is 437 g/mol. The lowest BCUT2D eigenvalue weighted by atomic mass is 9.97. The molecule has 7 heteroatoms. The Morgan fingerprint density at radius 3 is 2.62 bits per heavy atom. The van der Waals surface area contributed by atoms with Crippen molar-refractivity contribution in [2.24, 2.45) is 0 Å². The number of aryl methyl sites for hydroxylation is 1. The van der Waals surface area contributed by atoms with Crippen LogP contribution < -0.4 is 4.74 Å². The number of aromatic nitrogens is 1. The fourth-order valence-corrected chi connectivity index (χ4v) is 3.84. The molecule has 1 aliphatic rings. The maximum Gasteiger partial charge on any atom is 0.295 e. The minimum Gasteiger partial charge on any atom is -0.507 e. The number of carbonyl (C=O) groups is 2. The first kappa shape index (κ1) is 23.5. The molecule has 2 heterocycles. The summed E-state index contributed by atoms with van der Waals surface area (Å²) in [6, 6.07) is 9.90. The van der Waals surface area contributed by atoms with Gasteiger partial charge in [0.05, 0.1) is 17.9 Å². The summed E-state index contributed by atoms with van der Waals surface area (Å²) >= 11 is 0. The van der Waals surface area contributed by atoms with Crippen LogP contribution in [0.2, 0.25) is 0 Å². The highest BCUT2D eigenvalue weighted by atomic mass is 16.5. The number of likely N-dealkylation sites (tertiary alicyclic amines) is 1. The van der Waals surface area contributed by atoms with E-state index in [1.54, 1.807) is 36.5 Å². The molecule has 0 radical (unpaired) electrons. The normalized spacial score (nSPS) is 17.9. The van der Waals surface area contributed by atoms with Gasteiger partial charge in [0.1, 0.15) is 17.6 Å². The van der Waals surface area contributed by atoms with Crippen molar-refractivity contribution in [2.45, 2.75) is 32.7 Å². The smallest absolute Gasteiger partial charge is 0.295 e. The van der Waals surface area contributed by atoms with Crippen molar-refractivity contribution in [3.8, 4) is 5.75 Å². The van der Waals surface area contributed by atoms with E-state index in [1.807, 2.05) is 38.9 Å². The van der Waals surface area contributed by atoms with Crippen molar-refractivity contribution in [3.05, 3.63) is 65.0 Å². The highest BCUT2D eigenvalue weighted by Crippen LogP contribution is 2.39. The van der Waals surface area contributed by atoms with Crippen LogP contribution in [0.3, 0.4) is 0 Å². The third-order valence-corrected chi connectivity index (χ3v) is 5.42. The van der Waals surface area contributed by atoms with Gasteiger partial charge in [0.25, 0.3) is 11.7 Å². The summed E-state index contributed by atoms with van der Waals surface area (Å²) in [5.41, 5.74) is 1.94. The number of pyridine rings is 1. The Bertz CT molecular complexity index is 1000. The standard InChI is InChI=1S/C25H31N3O4/c1-5-15-32-20-11-10-18(16-17(20)2)23(29)21-22(19-9-6-7-12-26-19)28(25(31)24(21)30)14-8-13-27(3)4/h6-7,9-12,16,22,29H,5,8,13-15H2,1-4H3/b23-21-. The fourth-order valence-electron chi connectivity index (χ4n) is 3.84. The minimum absolute atomic E-state index is 0.0696. The molecule has 1 unspecified atom stereocenters. The van der Waals surface area contributed by atoms with E-state index in [9.17, 15) is 14.7 Å². The first-order valence-electron chi connectivity index (χ1n) is 10.9. The van der Waals surface area contributed by atoms with Crippen LogP contribution in [0.5, 0.6) is 5.75 Å². The van der Waals surface area contributed by atoms with Crippen molar-refractivity contribution >= 4 is 17.4 Å². The second-order valence-corrected chi connectivity index (χ2v) is 8.23. The van der Waals surface area contributed by atoms with E-state index in [4.69, 9.17) is 4.74 Å². The fraction of sp³-hybridized carbons (Fsp3) is 0.400. The van der Waals surface area contributed by atoms with Crippen molar-refractivity contribution in [2.75, 3.05) is 33.8 Å². The zero-order valence-electron chi connectivity index (χ0n) is 19.2. The molecular formula is C25H31N3O4. The minimum atomic E-state index is -0.727. The summed E-state index contributed by atoms with van der Waals surface area (Å²) in [5.74, 6) is -0.763. The quantitative estimate of drug-likeness (QED) is 0.367. The predicted octanol–water partition coefficient (Wildman–Crippen LogP) is 3.55. The maximum atomic E-state index is 13.0. The predicted molar refractivity (Wildman–Crippen MR) is 123 cm³/mol. The van der Waals surface area contributed by atoms with Gasteiger partial charge in [-0.3, -0.25) is 14.6 Å². The second kappa shape index (κ2) is 10.4. The number of Topliss-reactive ketones (excluding diaryl/α,β-unsaturated/α-hetero) is 1. The molecule has 170 valence electrons. The van der Waals surface area contributed by atoms with Crippen molar-refractivity contribution in [3.63, 3.8) is 0 Å². The number of ketones is 1. The highest BCUT2D eigenvalue weighted by Gasteiger charge is 2.46. The number of aliphatic hydroxyl groups is 1. The molecule has 1 aromatic carbocycles. The lowest BCUT2D eigenvalue weighted by molar-refractivity contribution is -0.140. The van der Waals surface area contributed by atoms with Gasteiger partial charge in [-0.2, -0.15) is 0 Å². The Kier molecular flexibility index (Phi) is 7.64.